The van der Waals surface area contributed by atoms with Gasteiger partial charge in [0.25, 0.3) is 0 Å². The van der Waals surface area contributed by atoms with E-state index in [1.807, 2.05) is 38.1 Å². The van der Waals surface area contributed by atoms with E-state index in [-0.39, 0.29) is 0 Å². The van der Waals surface area contributed by atoms with Gasteiger partial charge in [0, 0.05) is 18.2 Å². The number of benzene rings is 1. The Labute approximate surface area is 131 Å². The maximum atomic E-state index is 6.12. The van der Waals surface area contributed by atoms with Crippen molar-refractivity contribution in [3.8, 4) is 5.75 Å². The van der Waals surface area contributed by atoms with Crippen molar-refractivity contribution in [1.82, 2.24) is 5.32 Å². The Morgan fingerprint density at radius 3 is 2.71 bits per heavy atom. The maximum Gasteiger partial charge on any atom is 0.146 e. The van der Waals surface area contributed by atoms with Crippen molar-refractivity contribution in [1.29, 1.82) is 0 Å². The van der Waals surface area contributed by atoms with Crippen LogP contribution >= 0.6 is 11.6 Å². The van der Waals surface area contributed by atoms with Crippen LogP contribution in [0.1, 0.15) is 36.5 Å². The number of ether oxygens (including phenoxy) is 1. The summed E-state index contributed by atoms with van der Waals surface area (Å²) in [5, 5.41) is 4.00. The van der Waals surface area contributed by atoms with Gasteiger partial charge in [0.15, 0.2) is 0 Å². The standard InChI is InChI=1S/C17H22ClNO2/c1-11(2)19-9-14-8-15(21-13(14)4)10-20-17-7-12(3)5-6-16(17)18/h5-8,11,19H,9-10H2,1-4H3. The molecule has 0 unspecified atom stereocenters. The molecule has 0 saturated heterocycles. The van der Waals surface area contributed by atoms with E-state index in [0.29, 0.717) is 23.4 Å². The number of aryl methyl sites for hydroxylation is 2. The number of furan rings is 1. The van der Waals surface area contributed by atoms with Gasteiger partial charge in [-0.05, 0) is 37.6 Å². The molecule has 0 atom stereocenters. The summed E-state index contributed by atoms with van der Waals surface area (Å²) in [6, 6.07) is 8.22. The van der Waals surface area contributed by atoms with Gasteiger partial charge in [0.2, 0.25) is 0 Å². The number of nitrogens with one attached hydrogen (secondary N) is 1. The minimum absolute atomic E-state index is 0.381. The van der Waals surface area contributed by atoms with Gasteiger partial charge in [0.1, 0.15) is 23.9 Å². The lowest BCUT2D eigenvalue weighted by Gasteiger charge is -2.07. The smallest absolute Gasteiger partial charge is 0.146 e. The summed E-state index contributed by atoms with van der Waals surface area (Å²) < 4.78 is 11.5. The van der Waals surface area contributed by atoms with Crippen LogP contribution in [0.15, 0.2) is 28.7 Å². The molecular formula is C17H22ClNO2. The van der Waals surface area contributed by atoms with Crippen molar-refractivity contribution in [3.05, 3.63) is 51.9 Å². The van der Waals surface area contributed by atoms with Crippen LogP contribution in [0.3, 0.4) is 0 Å². The Kier molecular flexibility index (Phi) is 5.32. The third-order valence-corrected chi connectivity index (χ3v) is 3.54. The summed E-state index contributed by atoms with van der Waals surface area (Å²) in [5.74, 6) is 2.43. The van der Waals surface area contributed by atoms with Gasteiger partial charge in [-0.3, -0.25) is 0 Å². The van der Waals surface area contributed by atoms with E-state index in [9.17, 15) is 0 Å². The molecule has 0 bridgehead atoms. The molecule has 0 radical (unpaired) electrons. The zero-order valence-corrected chi connectivity index (χ0v) is 13.8. The van der Waals surface area contributed by atoms with E-state index < -0.39 is 0 Å². The molecule has 0 spiro atoms. The van der Waals surface area contributed by atoms with E-state index in [2.05, 4.69) is 19.2 Å². The molecule has 0 amide bonds. The minimum Gasteiger partial charge on any atom is -0.484 e. The first kappa shape index (κ1) is 15.9. The maximum absolute atomic E-state index is 6.12. The molecule has 1 heterocycles. The van der Waals surface area contributed by atoms with Gasteiger partial charge in [-0.1, -0.05) is 31.5 Å². The lowest BCUT2D eigenvalue weighted by atomic mass is 10.2. The van der Waals surface area contributed by atoms with Crippen LogP contribution in [0, 0.1) is 13.8 Å². The Morgan fingerprint density at radius 1 is 1.24 bits per heavy atom. The fourth-order valence-corrected chi connectivity index (χ4v) is 2.19. The molecule has 21 heavy (non-hydrogen) atoms. The first-order valence-electron chi connectivity index (χ1n) is 7.16. The van der Waals surface area contributed by atoms with E-state index >= 15 is 0 Å². The van der Waals surface area contributed by atoms with Crippen LogP contribution < -0.4 is 10.1 Å². The SMILES string of the molecule is Cc1ccc(Cl)c(OCc2cc(CNC(C)C)c(C)o2)c1. The second-order valence-corrected chi connectivity index (χ2v) is 5.96. The van der Waals surface area contributed by atoms with Crippen molar-refractivity contribution < 1.29 is 9.15 Å². The molecule has 0 aliphatic rings. The first-order valence-corrected chi connectivity index (χ1v) is 7.54. The van der Waals surface area contributed by atoms with Crippen LogP contribution in [0.5, 0.6) is 5.75 Å². The van der Waals surface area contributed by atoms with Gasteiger partial charge in [-0.2, -0.15) is 0 Å². The van der Waals surface area contributed by atoms with Gasteiger partial charge in [-0.15, -0.1) is 0 Å². The Hall–Kier alpha value is -1.45. The van der Waals surface area contributed by atoms with Crippen LogP contribution in [0.4, 0.5) is 0 Å². The molecule has 1 aromatic heterocycles. The Bertz CT molecular complexity index is 605. The monoisotopic (exact) mass is 307 g/mol. The third-order valence-electron chi connectivity index (χ3n) is 3.23. The molecule has 0 fully saturated rings. The topological polar surface area (TPSA) is 34.4 Å². The summed E-state index contributed by atoms with van der Waals surface area (Å²) in [4.78, 5) is 0. The zero-order chi connectivity index (χ0) is 15.4. The predicted octanol–water partition coefficient (Wildman–Crippen LogP) is 4.63. The summed E-state index contributed by atoms with van der Waals surface area (Å²) in [6.45, 7) is 9.42. The molecular weight excluding hydrogens is 286 g/mol. The molecule has 0 aliphatic heterocycles. The van der Waals surface area contributed by atoms with Crippen molar-refractivity contribution in [2.75, 3.05) is 0 Å². The lowest BCUT2D eigenvalue weighted by Crippen LogP contribution is -2.21. The van der Waals surface area contributed by atoms with Gasteiger partial charge < -0.3 is 14.5 Å². The van der Waals surface area contributed by atoms with Gasteiger partial charge in [0.05, 0.1) is 5.02 Å². The molecule has 1 N–H and O–H groups in total. The predicted molar refractivity (Wildman–Crippen MR) is 85.9 cm³/mol. The van der Waals surface area contributed by atoms with Gasteiger partial charge in [-0.25, -0.2) is 0 Å². The van der Waals surface area contributed by atoms with E-state index in [1.54, 1.807) is 0 Å². The molecule has 0 saturated carbocycles. The third kappa shape index (κ3) is 4.51. The lowest BCUT2D eigenvalue weighted by molar-refractivity contribution is 0.267. The minimum atomic E-state index is 0.381. The van der Waals surface area contributed by atoms with Crippen molar-refractivity contribution in [2.24, 2.45) is 0 Å². The summed E-state index contributed by atoms with van der Waals surface area (Å²) >= 11 is 6.12. The van der Waals surface area contributed by atoms with E-state index in [1.165, 1.54) is 0 Å². The van der Waals surface area contributed by atoms with Crippen molar-refractivity contribution >= 4 is 11.6 Å². The highest BCUT2D eigenvalue weighted by molar-refractivity contribution is 6.32. The van der Waals surface area contributed by atoms with Crippen molar-refractivity contribution in [2.45, 2.75) is 46.9 Å². The highest BCUT2D eigenvalue weighted by Crippen LogP contribution is 2.26. The van der Waals surface area contributed by atoms with Crippen molar-refractivity contribution in [3.63, 3.8) is 0 Å². The largest absolute Gasteiger partial charge is 0.484 e. The second-order valence-electron chi connectivity index (χ2n) is 5.55. The van der Waals surface area contributed by atoms with Gasteiger partial charge >= 0.3 is 0 Å². The molecule has 2 rings (SSSR count). The summed E-state index contributed by atoms with van der Waals surface area (Å²) in [7, 11) is 0. The van der Waals surface area contributed by atoms with Crippen LogP contribution in [0.2, 0.25) is 5.02 Å². The molecule has 3 nitrogen and oxygen atoms in total. The molecule has 4 heteroatoms. The highest BCUT2D eigenvalue weighted by Gasteiger charge is 2.09. The number of hydrogen-bond acceptors (Lipinski definition) is 3. The highest BCUT2D eigenvalue weighted by atomic mass is 35.5. The summed E-state index contributed by atoms with van der Waals surface area (Å²) in [5.41, 5.74) is 2.28. The Balaban J connectivity index is 2.00. The van der Waals surface area contributed by atoms with E-state index in [0.717, 1.165) is 29.2 Å². The molecule has 114 valence electrons. The second kappa shape index (κ2) is 7.01. The quantitative estimate of drug-likeness (QED) is 0.845. The van der Waals surface area contributed by atoms with Crippen LogP contribution in [-0.4, -0.2) is 6.04 Å². The van der Waals surface area contributed by atoms with E-state index in [4.69, 9.17) is 20.8 Å². The fourth-order valence-electron chi connectivity index (χ4n) is 2.02. The number of hydrogen-bond donors (Lipinski definition) is 1. The normalized spacial score (nSPS) is 11.1. The molecule has 1 aromatic carbocycles. The number of halogens is 1. The molecule has 2 aromatic rings. The average Bonchev–Trinajstić information content (AvgIpc) is 2.78. The van der Waals surface area contributed by atoms with Crippen LogP contribution in [0.25, 0.3) is 0 Å². The van der Waals surface area contributed by atoms with Crippen LogP contribution in [-0.2, 0) is 13.2 Å². The first-order chi connectivity index (χ1) is 9.95. The summed E-state index contributed by atoms with van der Waals surface area (Å²) in [6.07, 6.45) is 0. The average molecular weight is 308 g/mol. The fraction of sp³-hybridized carbons (Fsp3) is 0.412. The zero-order valence-electron chi connectivity index (χ0n) is 13.0. The molecule has 0 aliphatic carbocycles. The Morgan fingerprint density at radius 2 is 2.00 bits per heavy atom. The number of rotatable bonds is 6.